The molecule has 0 bridgehead atoms. The van der Waals surface area contributed by atoms with Crippen LogP contribution >= 0.6 is 0 Å². The third-order valence-corrected chi connectivity index (χ3v) is 23.6. The molecular weight excluding hydrogens is 825 g/mol. The molecule has 1 aliphatic rings. The number of ether oxygens (including phenoxy) is 5. The minimum absolute atomic E-state index is 0.0124. The van der Waals surface area contributed by atoms with Crippen LogP contribution in [0.15, 0.2) is 97.1 Å². The van der Waals surface area contributed by atoms with Crippen molar-refractivity contribution in [3.8, 4) is 5.75 Å². The zero-order valence-corrected chi connectivity index (χ0v) is 43.8. The van der Waals surface area contributed by atoms with Crippen molar-refractivity contribution in [1.82, 2.24) is 0 Å². The molecule has 1 heterocycles. The minimum atomic E-state index is -2.78. The number of hydrogen-bond donors (Lipinski definition) is 0. The van der Waals surface area contributed by atoms with E-state index in [4.69, 9.17) is 32.5 Å². The fourth-order valence-corrected chi connectivity index (χ4v) is 14.3. The van der Waals surface area contributed by atoms with Crippen molar-refractivity contribution in [1.29, 1.82) is 0 Å². The second-order valence-corrected chi connectivity index (χ2v) is 35.7. The molecule has 8 nitrogen and oxygen atoms in total. The molecule has 1 fully saturated rings. The maximum atomic E-state index is 13.6. The van der Waals surface area contributed by atoms with Crippen molar-refractivity contribution in [3.63, 3.8) is 0 Å². The van der Waals surface area contributed by atoms with Gasteiger partial charge in [0.05, 0.1) is 18.8 Å². The Morgan fingerprint density at radius 1 is 0.790 bits per heavy atom. The first-order valence-corrected chi connectivity index (χ1v) is 30.9. The van der Waals surface area contributed by atoms with Gasteiger partial charge < -0.3 is 32.5 Å². The number of benzene rings is 3. The molecule has 0 aromatic heterocycles. The van der Waals surface area contributed by atoms with E-state index in [0.29, 0.717) is 29.9 Å². The molecule has 5 atom stereocenters. The van der Waals surface area contributed by atoms with Gasteiger partial charge in [0.15, 0.2) is 20.9 Å². The average Bonchev–Trinajstić information content (AvgIpc) is 3.50. The second kappa shape index (κ2) is 21.2. The van der Waals surface area contributed by atoms with Crippen LogP contribution in [0.4, 0.5) is 0 Å². The highest BCUT2D eigenvalue weighted by Crippen LogP contribution is 2.42. The molecule has 0 aliphatic carbocycles. The van der Waals surface area contributed by atoms with Crippen LogP contribution < -0.4 is 15.1 Å². The lowest BCUT2D eigenvalue weighted by atomic mass is 10.00. The van der Waals surface area contributed by atoms with E-state index in [2.05, 4.69) is 161 Å². The van der Waals surface area contributed by atoms with Gasteiger partial charge in [-0.1, -0.05) is 165 Å². The molecule has 0 amide bonds. The van der Waals surface area contributed by atoms with Crippen molar-refractivity contribution in [2.24, 2.45) is 5.92 Å². The normalized spacial score (nSPS) is 19.2. The second-order valence-electron chi connectivity index (χ2n) is 21.1. The van der Waals surface area contributed by atoms with Gasteiger partial charge in [-0.05, 0) is 84.3 Å². The highest BCUT2D eigenvalue weighted by molar-refractivity contribution is 6.99. The van der Waals surface area contributed by atoms with Crippen molar-refractivity contribution in [2.75, 3.05) is 20.5 Å². The molecular formula is C51H78O8Si3. The van der Waals surface area contributed by atoms with E-state index in [9.17, 15) is 4.79 Å². The van der Waals surface area contributed by atoms with E-state index in [1.54, 1.807) is 13.2 Å². The zero-order valence-electron chi connectivity index (χ0n) is 40.8. The number of carbonyl (C=O) groups excluding carboxylic acids is 1. The largest absolute Gasteiger partial charge is 0.467 e. The molecule has 0 radical (unpaired) electrons. The highest BCUT2D eigenvalue weighted by atomic mass is 28.4. The molecule has 0 saturated carbocycles. The summed E-state index contributed by atoms with van der Waals surface area (Å²) in [6.07, 6.45) is 7.75. The topological polar surface area (TPSA) is 81.7 Å². The maximum Gasteiger partial charge on any atom is 0.342 e. The summed E-state index contributed by atoms with van der Waals surface area (Å²) >= 11 is 0. The van der Waals surface area contributed by atoms with Gasteiger partial charge >= 0.3 is 5.97 Å². The number of rotatable bonds is 20. The lowest BCUT2D eigenvalue weighted by molar-refractivity contribution is -0.151. The Bertz CT molecular complexity index is 1890. The van der Waals surface area contributed by atoms with Crippen molar-refractivity contribution < 1.29 is 37.3 Å². The molecule has 342 valence electrons. The number of carbonyl (C=O) groups is 1. The van der Waals surface area contributed by atoms with Crippen LogP contribution in [0.25, 0.3) is 6.08 Å². The van der Waals surface area contributed by atoms with Gasteiger partial charge in [-0.15, -0.1) is 0 Å². The summed E-state index contributed by atoms with van der Waals surface area (Å²) in [4.78, 5) is 13.6. The molecule has 11 heteroatoms. The van der Waals surface area contributed by atoms with E-state index in [1.165, 1.54) is 10.4 Å². The highest BCUT2D eigenvalue weighted by Gasteiger charge is 2.52. The van der Waals surface area contributed by atoms with E-state index >= 15 is 0 Å². The number of hydrogen-bond acceptors (Lipinski definition) is 8. The lowest BCUT2D eigenvalue weighted by Gasteiger charge is -2.45. The van der Waals surface area contributed by atoms with Crippen LogP contribution in [-0.4, -0.2) is 81.4 Å². The molecule has 0 N–H and O–H groups in total. The summed E-state index contributed by atoms with van der Waals surface area (Å²) in [6, 6.07) is 28.0. The van der Waals surface area contributed by atoms with Crippen molar-refractivity contribution in [3.05, 3.63) is 108 Å². The summed E-state index contributed by atoms with van der Waals surface area (Å²) in [7, 11) is -4.94. The maximum absolute atomic E-state index is 13.6. The fraction of sp³-hybridized carbons (Fsp3) is 0.549. The first-order chi connectivity index (χ1) is 28.8. The first kappa shape index (κ1) is 51.5. The van der Waals surface area contributed by atoms with Gasteiger partial charge in [-0.2, -0.15) is 0 Å². The van der Waals surface area contributed by atoms with Crippen LogP contribution in [-0.2, 0) is 27.8 Å². The molecule has 62 heavy (non-hydrogen) atoms. The van der Waals surface area contributed by atoms with E-state index in [1.807, 2.05) is 38.1 Å². The predicted molar refractivity (Wildman–Crippen MR) is 263 cm³/mol. The van der Waals surface area contributed by atoms with Gasteiger partial charge in [0.2, 0.25) is 0 Å². The van der Waals surface area contributed by atoms with Gasteiger partial charge in [0.25, 0.3) is 8.32 Å². The van der Waals surface area contributed by atoms with Crippen LogP contribution in [0.3, 0.4) is 0 Å². The van der Waals surface area contributed by atoms with Crippen molar-refractivity contribution in [2.45, 2.75) is 155 Å². The van der Waals surface area contributed by atoms with Crippen molar-refractivity contribution >= 4 is 47.1 Å². The van der Waals surface area contributed by atoms with Gasteiger partial charge in [0.1, 0.15) is 17.4 Å². The quantitative estimate of drug-likeness (QED) is 0.0480. The first-order valence-electron chi connectivity index (χ1n) is 22.4. The van der Waals surface area contributed by atoms with Gasteiger partial charge in [0, 0.05) is 21.3 Å². The van der Waals surface area contributed by atoms with E-state index in [0.717, 1.165) is 6.04 Å². The molecule has 2 unspecified atom stereocenters. The number of esters is 1. The Kier molecular flexibility index (Phi) is 17.6. The van der Waals surface area contributed by atoms with Crippen LogP contribution in [0.1, 0.15) is 91.6 Å². The lowest BCUT2D eigenvalue weighted by Crippen LogP contribution is -2.67. The Morgan fingerprint density at radius 3 is 1.92 bits per heavy atom. The third kappa shape index (κ3) is 13.4. The predicted octanol–water partition coefficient (Wildman–Crippen LogP) is 11.6. The smallest absolute Gasteiger partial charge is 0.342 e. The summed E-state index contributed by atoms with van der Waals surface area (Å²) in [6.45, 7) is 33.8. The Hall–Kier alpha value is -3.14. The molecule has 3 aromatic carbocycles. The Labute approximate surface area is 378 Å². The molecule has 1 saturated heterocycles. The minimum Gasteiger partial charge on any atom is -0.467 e. The third-order valence-electron chi connectivity index (χ3n) is 12.3. The number of methoxy groups -OCH3 is 1. The standard InChI is InChI=1S/C51H78O8Si3/c1-38(39(2)58-62(50(6,7)8,41-27-19-17-20-28-41)42-29-21-18-22-30-42)33-34-45(59-61(15,16)49(3,4)5)47-44(56-51(9,10)57-47)32-24-26-40-25-23-31-43(55-37-53-11)46(40)48(52)54-35-36-60(12,13)14/h17-31,33-34,38-39,44-45,47H,32,35-37H2,1-16H3/b26-24+,34-33-/t38-,39?,44+,45?,47+/m1/s1. The Morgan fingerprint density at radius 2 is 1.39 bits per heavy atom. The molecule has 0 spiro atoms. The summed E-state index contributed by atoms with van der Waals surface area (Å²) in [5.41, 5.74) is 1.08. The van der Waals surface area contributed by atoms with E-state index < -0.39 is 42.6 Å². The Balaban J connectivity index is 1.68. The monoisotopic (exact) mass is 903 g/mol. The van der Waals surface area contributed by atoms with Crippen LogP contribution in [0.5, 0.6) is 5.75 Å². The molecule has 3 aromatic rings. The summed E-state index contributed by atoms with van der Waals surface area (Å²) < 4.78 is 45.1. The summed E-state index contributed by atoms with van der Waals surface area (Å²) in [5, 5.41) is 2.34. The average molecular weight is 903 g/mol. The van der Waals surface area contributed by atoms with E-state index in [-0.39, 0.29) is 41.1 Å². The van der Waals surface area contributed by atoms with Gasteiger partial charge in [-0.3, -0.25) is 0 Å². The fourth-order valence-electron chi connectivity index (χ4n) is 7.57. The van der Waals surface area contributed by atoms with Gasteiger partial charge in [-0.25, -0.2) is 4.79 Å². The summed E-state index contributed by atoms with van der Waals surface area (Å²) in [5.74, 6) is -0.783. The molecule has 1 aliphatic heterocycles. The zero-order chi connectivity index (χ0) is 46.1. The van der Waals surface area contributed by atoms with Crippen LogP contribution in [0.2, 0.25) is 48.9 Å². The van der Waals surface area contributed by atoms with Crippen LogP contribution in [0, 0.1) is 5.92 Å². The molecule has 4 rings (SSSR count). The SMILES string of the molecule is COCOc1cccc(/C=C/C[C@@H]2OC(C)(C)O[C@@H]2C(/C=C\[C@@H](C)C(C)O[Si](c2ccccc2)(c2ccccc2)C(C)(C)C)O[Si](C)(C)C(C)(C)C)c1C(=O)OCC[Si](C)(C)C.